The summed E-state index contributed by atoms with van der Waals surface area (Å²) in [6.07, 6.45) is 8.64. The second-order valence-corrected chi connectivity index (χ2v) is 5.99. The van der Waals surface area contributed by atoms with E-state index < -0.39 is 5.97 Å². The first-order valence-corrected chi connectivity index (χ1v) is 9.22. The highest BCUT2D eigenvalue weighted by molar-refractivity contribution is 5.66. The van der Waals surface area contributed by atoms with Crippen molar-refractivity contribution >= 4 is 5.97 Å². The molecule has 0 saturated carbocycles. The smallest absolute Gasteiger partial charge is 0.303 e. The van der Waals surface area contributed by atoms with Crippen LogP contribution in [0.4, 0.5) is 0 Å². The summed E-state index contributed by atoms with van der Waals surface area (Å²) in [7, 11) is 0. The number of benzene rings is 2. The van der Waals surface area contributed by atoms with Crippen molar-refractivity contribution in [2.75, 3.05) is 0 Å². The van der Waals surface area contributed by atoms with Crippen molar-refractivity contribution in [1.82, 2.24) is 0 Å². The van der Waals surface area contributed by atoms with Crippen molar-refractivity contribution in [2.24, 2.45) is 0 Å². The summed E-state index contributed by atoms with van der Waals surface area (Å²) in [6.45, 7) is 2.20. The minimum Gasteiger partial charge on any atom is -0.481 e. The maximum Gasteiger partial charge on any atom is 0.303 e. The molecule has 0 radical (unpaired) electrons. The van der Waals surface area contributed by atoms with Crippen LogP contribution in [0.1, 0.15) is 58.3 Å². The van der Waals surface area contributed by atoms with E-state index in [1.54, 1.807) is 0 Å². The van der Waals surface area contributed by atoms with E-state index in [0.717, 1.165) is 24.3 Å². The first-order chi connectivity index (χ1) is 12.2. The number of unbranched alkanes of at least 4 members (excludes halogenated alkanes) is 6. The minimum absolute atomic E-state index is 0.341. The molecule has 0 aromatic heterocycles. The Bertz CT molecular complexity index is 514. The lowest BCUT2D eigenvalue weighted by Crippen LogP contribution is -1.93. The second kappa shape index (κ2) is 14.1. The standard InChI is InChI=1S/C12H10O.C10H20O2/c1-3-7-11(8-4-1)13-12-9-5-2-6-10-12;1-2-3-4-5-6-7-8-9-10(11)12/h1-10H;2-9H2,1H3,(H,11,12). The zero-order valence-corrected chi connectivity index (χ0v) is 15.2. The Kier molecular flexibility index (Phi) is 11.7. The van der Waals surface area contributed by atoms with Crippen LogP contribution in [0.2, 0.25) is 0 Å². The monoisotopic (exact) mass is 342 g/mol. The Morgan fingerprint density at radius 3 is 1.64 bits per heavy atom. The van der Waals surface area contributed by atoms with Crippen LogP contribution < -0.4 is 4.74 Å². The van der Waals surface area contributed by atoms with Gasteiger partial charge in [-0.3, -0.25) is 4.79 Å². The topological polar surface area (TPSA) is 46.5 Å². The predicted octanol–water partition coefficient (Wildman–Crippen LogP) is 6.69. The molecule has 2 aromatic carbocycles. The summed E-state index contributed by atoms with van der Waals surface area (Å²) in [4.78, 5) is 10.1. The Morgan fingerprint density at radius 1 is 0.760 bits per heavy atom. The predicted molar refractivity (Wildman–Crippen MR) is 103 cm³/mol. The number of carboxylic acids is 1. The molecule has 136 valence electrons. The van der Waals surface area contributed by atoms with Crippen LogP contribution in [-0.4, -0.2) is 11.1 Å². The molecule has 0 fully saturated rings. The lowest BCUT2D eigenvalue weighted by atomic mass is 10.1. The molecular formula is C22H30O3. The maximum atomic E-state index is 10.1. The second-order valence-electron chi connectivity index (χ2n) is 5.99. The molecule has 0 aliphatic heterocycles. The van der Waals surface area contributed by atoms with Gasteiger partial charge >= 0.3 is 5.97 Å². The van der Waals surface area contributed by atoms with Gasteiger partial charge in [0.05, 0.1) is 0 Å². The highest BCUT2D eigenvalue weighted by atomic mass is 16.5. The molecule has 2 aromatic rings. The first kappa shape index (κ1) is 20.8. The van der Waals surface area contributed by atoms with Crippen LogP contribution in [-0.2, 0) is 4.79 Å². The van der Waals surface area contributed by atoms with Crippen molar-refractivity contribution in [3.8, 4) is 11.5 Å². The van der Waals surface area contributed by atoms with Gasteiger partial charge in [0, 0.05) is 6.42 Å². The van der Waals surface area contributed by atoms with Gasteiger partial charge in [-0.05, 0) is 30.7 Å². The van der Waals surface area contributed by atoms with Gasteiger partial charge in [-0.25, -0.2) is 0 Å². The molecule has 3 heteroatoms. The van der Waals surface area contributed by atoms with Crippen LogP contribution in [0.25, 0.3) is 0 Å². The first-order valence-electron chi connectivity index (χ1n) is 9.22. The molecule has 1 N–H and O–H groups in total. The van der Waals surface area contributed by atoms with Crippen LogP contribution in [0.15, 0.2) is 60.7 Å². The highest BCUT2D eigenvalue weighted by Crippen LogP contribution is 2.19. The summed E-state index contributed by atoms with van der Waals surface area (Å²) in [5, 5.41) is 8.35. The molecule has 0 saturated heterocycles. The number of aliphatic carboxylic acids is 1. The number of carbonyl (C=O) groups is 1. The Balaban J connectivity index is 0.000000252. The van der Waals surface area contributed by atoms with Gasteiger partial charge < -0.3 is 9.84 Å². The third kappa shape index (κ3) is 11.8. The Labute approximate surface area is 151 Å². The minimum atomic E-state index is -0.663. The van der Waals surface area contributed by atoms with E-state index in [0.29, 0.717) is 6.42 Å². The number of carboxylic acid groups (broad SMARTS) is 1. The SMILES string of the molecule is CCCCCCCCCC(=O)O.c1ccc(Oc2ccccc2)cc1. The van der Waals surface area contributed by atoms with Gasteiger partial charge in [-0.15, -0.1) is 0 Å². The molecule has 0 spiro atoms. The quantitative estimate of drug-likeness (QED) is 0.489. The summed E-state index contributed by atoms with van der Waals surface area (Å²) in [6, 6.07) is 19.5. The van der Waals surface area contributed by atoms with Crippen molar-refractivity contribution in [3.63, 3.8) is 0 Å². The summed E-state index contributed by atoms with van der Waals surface area (Å²) in [5.41, 5.74) is 0. The normalized spacial score (nSPS) is 9.80. The van der Waals surface area contributed by atoms with E-state index in [4.69, 9.17) is 9.84 Å². The average Bonchev–Trinajstić information content (AvgIpc) is 2.63. The van der Waals surface area contributed by atoms with E-state index in [1.807, 2.05) is 60.7 Å². The molecule has 3 nitrogen and oxygen atoms in total. The van der Waals surface area contributed by atoms with Crippen molar-refractivity contribution < 1.29 is 14.6 Å². The van der Waals surface area contributed by atoms with E-state index in [1.165, 1.54) is 32.1 Å². The number of rotatable bonds is 10. The molecule has 0 heterocycles. The van der Waals surface area contributed by atoms with Gasteiger partial charge in [-0.2, -0.15) is 0 Å². The number of hydrogen-bond donors (Lipinski definition) is 1. The number of para-hydroxylation sites is 2. The number of hydrogen-bond acceptors (Lipinski definition) is 2. The lowest BCUT2D eigenvalue weighted by Gasteiger charge is -2.03. The molecule has 25 heavy (non-hydrogen) atoms. The van der Waals surface area contributed by atoms with Gasteiger partial charge in [0.15, 0.2) is 0 Å². The van der Waals surface area contributed by atoms with Crippen molar-refractivity contribution in [3.05, 3.63) is 60.7 Å². The van der Waals surface area contributed by atoms with Crippen molar-refractivity contribution in [2.45, 2.75) is 58.3 Å². The van der Waals surface area contributed by atoms with Gasteiger partial charge in [0.25, 0.3) is 0 Å². The zero-order chi connectivity index (χ0) is 18.2. The van der Waals surface area contributed by atoms with Crippen LogP contribution in [0.5, 0.6) is 11.5 Å². The Morgan fingerprint density at radius 2 is 1.20 bits per heavy atom. The molecule has 0 aliphatic carbocycles. The zero-order valence-electron chi connectivity index (χ0n) is 15.2. The molecule has 0 bridgehead atoms. The summed E-state index contributed by atoms with van der Waals surface area (Å²) < 4.78 is 5.58. The molecule has 2 rings (SSSR count). The fraction of sp³-hybridized carbons (Fsp3) is 0.409. The fourth-order valence-corrected chi connectivity index (χ4v) is 2.35. The third-order valence-corrected chi connectivity index (χ3v) is 3.72. The van der Waals surface area contributed by atoms with Gasteiger partial charge in [0.1, 0.15) is 11.5 Å². The summed E-state index contributed by atoms with van der Waals surface area (Å²) >= 11 is 0. The fourth-order valence-electron chi connectivity index (χ4n) is 2.35. The molecular weight excluding hydrogens is 312 g/mol. The maximum absolute atomic E-state index is 10.1. The van der Waals surface area contributed by atoms with E-state index in [9.17, 15) is 4.79 Å². The highest BCUT2D eigenvalue weighted by Gasteiger charge is 1.95. The summed E-state index contributed by atoms with van der Waals surface area (Å²) in [5.74, 6) is 1.07. The van der Waals surface area contributed by atoms with Crippen LogP contribution in [0.3, 0.4) is 0 Å². The lowest BCUT2D eigenvalue weighted by molar-refractivity contribution is -0.137. The molecule has 0 unspecified atom stereocenters. The molecule has 0 atom stereocenters. The third-order valence-electron chi connectivity index (χ3n) is 3.72. The van der Waals surface area contributed by atoms with Gasteiger partial charge in [-0.1, -0.05) is 81.8 Å². The van der Waals surface area contributed by atoms with E-state index in [2.05, 4.69) is 6.92 Å². The van der Waals surface area contributed by atoms with E-state index in [-0.39, 0.29) is 0 Å². The number of ether oxygens (including phenoxy) is 1. The molecule has 0 aliphatic rings. The molecule has 0 amide bonds. The van der Waals surface area contributed by atoms with E-state index >= 15 is 0 Å². The van der Waals surface area contributed by atoms with Crippen molar-refractivity contribution in [1.29, 1.82) is 0 Å². The Hall–Kier alpha value is -2.29. The van der Waals surface area contributed by atoms with Gasteiger partial charge in [0.2, 0.25) is 0 Å². The average molecular weight is 342 g/mol. The largest absolute Gasteiger partial charge is 0.481 e. The van der Waals surface area contributed by atoms with Crippen LogP contribution in [0, 0.1) is 0 Å². The van der Waals surface area contributed by atoms with Crippen LogP contribution >= 0.6 is 0 Å².